The van der Waals surface area contributed by atoms with Crippen LogP contribution >= 0.6 is 0 Å². The molecule has 0 amide bonds. The monoisotopic (exact) mass is 307 g/mol. The number of carbonyl (C=O) groups excluding carboxylic acids is 1. The van der Waals surface area contributed by atoms with E-state index in [4.69, 9.17) is 0 Å². The van der Waals surface area contributed by atoms with Crippen molar-refractivity contribution >= 4 is 15.6 Å². The van der Waals surface area contributed by atoms with Gasteiger partial charge in [0.1, 0.15) is 0 Å². The maximum Gasteiger partial charge on any atom is 0.179 e. The molecule has 0 radical (unpaired) electrons. The van der Waals surface area contributed by atoms with E-state index >= 15 is 0 Å². The number of hydrogen-bond acceptors (Lipinski definition) is 4. The van der Waals surface area contributed by atoms with Gasteiger partial charge in [-0.3, -0.25) is 4.79 Å². The Labute approximate surface area is 126 Å². The smallest absolute Gasteiger partial charge is 0.179 e. The first-order valence-electron chi connectivity index (χ1n) is 7.66. The first-order chi connectivity index (χ1) is 10.1. The predicted molar refractivity (Wildman–Crippen MR) is 81.2 cm³/mol. The van der Waals surface area contributed by atoms with E-state index in [1.165, 1.54) is 0 Å². The second-order valence-corrected chi connectivity index (χ2v) is 8.14. The van der Waals surface area contributed by atoms with Crippen LogP contribution in [0.25, 0.3) is 0 Å². The van der Waals surface area contributed by atoms with Gasteiger partial charge >= 0.3 is 0 Å². The van der Waals surface area contributed by atoms with Crippen LogP contribution in [0.4, 0.5) is 0 Å². The first kappa shape index (κ1) is 14.7. The van der Waals surface area contributed by atoms with Gasteiger partial charge in [-0.15, -0.1) is 0 Å². The zero-order valence-electron chi connectivity index (χ0n) is 12.1. The van der Waals surface area contributed by atoms with Crippen LogP contribution in [-0.2, 0) is 9.84 Å². The van der Waals surface area contributed by atoms with Gasteiger partial charge in [0.25, 0.3) is 0 Å². The standard InChI is InChI=1S/C16H21NO3S/c18-16(13-3-4-13)14-5-7-15(8-6-14)21(19,20)12-11-17-9-1-2-10-17/h5-8,13H,1-4,9-12H2. The average molecular weight is 307 g/mol. The minimum atomic E-state index is -3.25. The molecule has 1 aromatic carbocycles. The van der Waals surface area contributed by atoms with Crippen molar-refractivity contribution in [3.63, 3.8) is 0 Å². The predicted octanol–water partition coefficient (Wildman–Crippen LogP) is 2.15. The molecule has 1 aliphatic carbocycles. The molecular weight excluding hydrogens is 286 g/mol. The summed E-state index contributed by atoms with van der Waals surface area (Å²) in [4.78, 5) is 14.4. The zero-order chi connectivity index (χ0) is 14.9. The summed E-state index contributed by atoms with van der Waals surface area (Å²) < 4.78 is 24.6. The summed E-state index contributed by atoms with van der Waals surface area (Å²) in [5, 5.41) is 0. The van der Waals surface area contributed by atoms with Crippen molar-refractivity contribution in [2.24, 2.45) is 5.92 Å². The Hall–Kier alpha value is -1.20. The van der Waals surface area contributed by atoms with Crippen molar-refractivity contribution in [2.75, 3.05) is 25.4 Å². The lowest BCUT2D eigenvalue weighted by atomic mass is 10.1. The number of ketones is 1. The lowest BCUT2D eigenvalue weighted by Crippen LogP contribution is -2.26. The Morgan fingerprint density at radius 1 is 1.10 bits per heavy atom. The third kappa shape index (κ3) is 3.52. The van der Waals surface area contributed by atoms with E-state index < -0.39 is 9.84 Å². The molecule has 21 heavy (non-hydrogen) atoms. The quantitative estimate of drug-likeness (QED) is 0.756. The minimum Gasteiger partial charge on any atom is -0.302 e. The summed E-state index contributed by atoms with van der Waals surface area (Å²) in [6, 6.07) is 6.47. The number of rotatable bonds is 6. The second-order valence-electron chi connectivity index (χ2n) is 6.03. The molecule has 1 aromatic rings. The third-order valence-electron chi connectivity index (χ3n) is 4.32. The van der Waals surface area contributed by atoms with Crippen LogP contribution in [0.2, 0.25) is 0 Å². The van der Waals surface area contributed by atoms with E-state index in [0.717, 1.165) is 38.8 Å². The average Bonchev–Trinajstić information content (AvgIpc) is 3.21. The van der Waals surface area contributed by atoms with E-state index in [0.29, 0.717) is 17.0 Å². The molecule has 0 spiro atoms. The molecule has 0 N–H and O–H groups in total. The van der Waals surface area contributed by atoms with Crippen LogP contribution in [0.5, 0.6) is 0 Å². The number of Topliss-reactive ketones (excluding diaryl/α,β-unsaturated/α-hetero) is 1. The molecule has 1 aliphatic heterocycles. The van der Waals surface area contributed by atoms with Crippen molar-refractivity contribution in [3.8, 4) is 0 Å². The van der Waals surface area contributed by atoms with Gasteiger partial charge in [-0.1, -0.05) is 12.1 Å². The second kappa shape index (κ2) is 5.89. The van der Waals surface area contributed by atoms with Crippen LogP contribution in [0.1, 0.15) is 36.0 Å². The summed E-state index contributed by atoms with van der Waals surface area (Å²) in [6.07, 6.45) is 4.26. The number of likely N-dealkylation sites (tertiary alicyclic amines) is 1. The summed E-state index contributed by atoms with van der Waals surface area (Å²) in [7, 11) is -3.25. The lowest BCUT2D eigenvalue weighted by Gasteiger charge is -2.14. The summed E-state index contributed by atoms with van der Waals surface area (Å²) in [5.41, 5.74) is 0.635. The van der Waals surface area contributed by atoms with E-state index in [2.05, 4.69) is 4.90 Å². The van der Waals surface area contributed by atoms with Crippen molar-refractivity contribution in [2.45, 2.75) is 30.6 Å². The molecule has 0 bridgehead atoms. The molecule has 0 atom stereocenters. The van der Waals surface area contributed by atoms with Crippen molar-refractivity contribution in [3.05, 3.63) is 29.8 Å². The number of benzene rings is 1. The van der Waals surface area contributed by atoms with E-state index in [-0.39, 0.29) is 17.5 Å². The number of hydrogen-bond donors (Lipinski definition) is 0. The van der Waals surface area contributed by atoms with Crippen molar-refractivity contribution in [1.29, 1.82) is 0 Å². The molecule has 3 rings (SSSR count). The first-order valence-corrected chi connectivity index (χ1v) is 9.31. The minimum absolute atomic E-state index is 0.149. The Kier molecular flexibility index (Phi) is 4.13. The van der Waals surface area contributed by atoms with Gasteiger partial charge in [0.05, 0.1) is 10.6 Å². The zero-order valence-corrected chi connectivity index (χ0v) is 12.9. The molecule has 0 unspecified atom stereocenters. The molecule has 1 saturated carbocycles. The van der Waals surface area contributed by atoms with E-state index in [1.54, 1.807) is 24.3 Å². The Morgan fingerprint density at radius 3 is 2.29 bits per heavy atom. The van der Waals surface area contributed by atoms with Gasteiger partial charge in [-0.05, 0) is 50.9 Å². The van der Waals surface area contributed by atoms with Gasteiger partial charge in [0.15, 0.2) is 15.6 Å². The molecular formula is C16H21NO3S. The Balaban J connectivity index is 1.65. The molecule has 1 heterocycles. The van der Waals surface area contributed by atoms with Gasteiger partial charge < -0.3 is 4.90 Å². The topological polar surface area (TPSA) is 54.5 Å². The highest BCUT2D eigenvalue weighted by molar-refractivity contribution is 7.91. The van der Waals surface area contributed by atoms with E-state index in [9.17, 15) is 13.2 Å². The molecule has 1 saturated heterocycles. The van der Waals surface area contributed by atoms with Crippen LogP contribution in [0.3, 0.4) is 0 Å². The molecule has 2 aliphatic rings. The summed E-state index contributed by atoms with van der Waals surface area (Å²) in [5.74, 6) is 0.474. The van der Waals surface area contributed by atoms with Crippen LogP contribution in [0, 0.1) is 5.92 Å². The maximum absolute atomic E-state index is 12.3. The highest BCUT2D eigenvalue weighted by Gasteiger charge is 2.30. The Morgan fingerprint density at radius 2 is 1.71 bits per heavy atom. The maximum atomic E-state index is 12.3. The van der Waals surface area contributed by atoms with Gasteiger partial charge in [-0.25, -0.2) is 8.42 Å². The van der Waals surface area contributed by atoms with Crippen LogP contribution in [0.15, 0.2) is 29.2 Å². The lowest BCUT2D eigenvalue weighted by molar-refractivity contribution is 0.0967. The molecule has 2 fully saturated rings. The van der Waals surface area contributed by atoms with Gasteiger partial charge in [0, 0.05) is 18.0 Å². The number of sulfone groups is 1. The third-order valence-corrected chi connectivity index (χ3v) is 6.03. The molecule has 5 heteroatoms. The van der Waals surface area contributed by atoms with Crippen LogP contribution in [-0.4, -0.2) is 44.5 Å². The molecule has 4 nitrogen and oxygen atoms in total. The highest BCUT2D eigenvalue weighted by atomic mass is 32.2. The fourth-order valence-corrected chi connectivity index (χ4v) is 4.07. The molecule has 114 valence electrons. The summed E-state index contributed by atoms with van der Waals surface area (Å²) >= 11 is 0. The normalized spacial score (nSPS) is 19.8. The SMILES string of the molecule is O=C(c1ccc(S(=O)(=O)CCN2CCCC2)cc1)C1CC1. The number of nitrogens with zero attached hydrogens (tertiary/aromatic N) is 1. The van der Waals surface area contributed by atoms with Crippen LogP contribution < -0.4 is 0 Å². The van der Waals surface area contributed by atoms with Crippen molar-refractivity contribution < 1.29 is 13.2 Å². The fourth-order valence-electron chi connectivity index (χ4n) is 2.78. The highest BCUT2D eigenvalue weighted by Crippen LogP contribution is 2.32. The Bertz CT molecular complexity index is 611. The van der Waals surface area contributed by atoms with Gasteiger partial charge in [0.2, 0.25) is 0 Å². The largest absolute Gasteiger partial charge is 0.302 e. The fraction of sp³-hybridized carbons (Fsp3) is 0.562. The van der Waals surface area contributed by atoms with E-state index in [1.807, 2.05) is 0 Å². The molecule has 0 aromatic heterocycles. The number of carbonyl (C=O) groups is 1. The van der Waals surface area contributed by atoms with Crippen molar-refractivity contribution in [1.82, 2.24) is 4.90 Å². The van der Waals surface area contributed by atoms with Gasteiger partial charge in [-0.2, -0.15) is 0 Å². The summed E-state index contributed by atoms with van der Waals surface area (Å²) in [6.45, 7) is 2.61.